The number of rotatable bonds is 8. The minimum Gasteiger partial charge on any atom is -0.449 e. The van der Waals surface area contributed by atoms with Crippen LogP contribution in [0, 0.1) is 6.92 Å². The van der Waals surface area contributed by atoms with Gasteiger partial charge >= 0.3 is 0 Å². The van der Waals surface area contributed by atoms with E-state index in [1.165, 1.54) is 11.8 Å². The molecule has 0 unspecified atom stereocenters. The van der Waals surface area contributed by atoms with Crippen LogP contribution in [-0.2, 0) is 16.4 Å². The van der Waals surface area contributed by atoms with E-state index in [9.17, 15) is 4.79 Å². The number of hydrogen-bond acceptors (Lipinski definition) is 8. The molecule has 3 aromatic heterocycles. The van der Waals surface area contributed by atoms with Crippen LogP contribution < -0.4 is 0 Å². The maximum Gasteiger partial charge on any atom is 0.253 e. The third-order valence-corrected chi connectivity index (χ3v) is 6.61. The molecular weight excluding hydrogens is 585 g/mol. The van der Waals surface area contributed by atoms with Crippen LogP contribution in [0.25, 0.3) is 22.9 Å². The number of carbonyl (C=O) groups excluding carboxylic acids is 1. The molecule has 10 heteroatoms. The number of carbonyl (C=O) groups is 1. The minimum atomic E-state index is -0.418. The van der Waals surface area contributed by atoms with Gasteiger partial charge in [-0.2, -0.15) is 0 Å². The number of aryl methyl sites for hydroxylation is 1. The number of amides is 1. The molecule has 0 spiro atoms. The van der Waals surface area contributed by atoms with Gasteiger partial charge in [-0.05, 0) is 37.1 Å². The highest BCUT2D eigenvalue weighted by Crippen LogP contribution is 2.36. The van der Waals surface area contributed by atoms with Gasteiger partial charge in [-0.25, -0.2) is 9.97 Å². The summed E-state index contributed by atoms with van der Waals surface area (Å²) in [5.41, 5.74) is 3.48. The van der Waals surface area contributed by atoms with E-state index in [0.29, 0.717) is 52.5 Å². The molecular formula is C27H24IN5O4. The van der Waals surface area contributed by atoms with Gasteiger partial charge in [0.2, 0.25) is 17.7 Å². The topological polar surface area (TPSA) is 111 Å². The Kier molecular flexibility index (Phi) is 6.92. The first-order chi connectivity index (χ1) is 17.8. The Labute approximate surface area is 227 Å². The number of oxazole rings is 2. The smallest absolute Gasteiger partial charge is 0.253 e. The van der Waals surface area contributed by atoms with Crippen molar-refractivity contribution in [3.63, 3.8) is 0 Å². The summed E-state index contributed by atoms with van der Waals surface area (Å²) in [7, 11) is 1.71. The van der Waals surface area contributed by atoms with Gasteiger partial charge in [-0.15, -0.1) is 10.2 Å². The van der Waals surface area contributed by atoms with Crippen molar-refractivity contribution in [2.75, 3.05) is 7.05 Å². The molecule has 1 atom stereocenters. The molecule has 0 aliphatic rings. The Hall–Kier alpha value is -3.80. The van der Waals surface area contributed by atoms with E-state index in [2.05, 4.69) is 61.8 Å². The van der Waals surface area contributed by atoms with E-state index < -0.39 is 3.42 Å². The fourth-order valence-corrected chi connectivity index (χ4v) is 4.64. The van der Waals surface area contributed by atoms with E-state index in [-0.39, 0.29) is 5.91 Å². The molecule has 3 heterocycles. The Morgan fingerprint density at radius 2 is 1.81 bits per heavy atom. The third kappa shape index (κ3) is 5.63. The summed E-state index contributed by atoms with van der Waals surface area (Å²) in [6.45, 7) is 4.11. The molecule has 0 aliphatic heterocycles. The van der Waals surface area contributed by atoms with Crippen molar-refractivity contribution in [2.24, 2.45) is 0 Å². The van der Waals surface area contributed by atoms with Crippen LogP contribution in [-0.4, -0.2) is 38.0 Å². The fraction of sp³-hybridized carbons (Fsp3) is 0.222. The summed E-state index contributed by atoms with van der Waals surface area (Å²) in [6.07, 6.45) is 5.31. The Morgan fingerprint density at radius 1 is 1.05 bits per heavy atom. The van der Waals surface area contributed by atoms with Crippen molar-refractivity contribution in [2.45, 2.75) is 30.2 Å². The Morgan fingerprint density at radius 3 is 2.49 bits per heavy atom. The van der Waals surface area contributed by atoms with Crippen LogP contribution >= 0.6 is 22.6 Å². The van der Waals surface area contributed by atoms with Gasteiger partial charge in [-0.1, -0.05) is 52.9 Å². The lowest BCUT2D eigenvalue weighted by atomic mass is 10.0. The average Bonchev–Trinajstić information content (AvgIpc) is 3.66. The molecule has 1 amide bonds. The monoisotopic (exact) mass is 609 g/mol. The number of aromatic nitrogens is 4. The molecule has 9 nitrogen and oxygen atoms in total. The number of nitrogens with zero attached hydrogens (tertiary/aromatic N) is 5. The van der Waals surface area contributed by atoms with E-state index in [0.717, 1.165) is 6.42 Å². The maximum atomic E-state index is 13.4. The van der Waals surface area contributed by atoms with Crippen LogP contribution in [0.5, 0.6) is 0 Å². The minimum absolute atomic E-state index is 0.210. The van der Waals surface area contributed by atoms with E-state index in [1.54, 1.807) is 43.5 Å². The van der Waals surface area contributed by atoms with Crippen LogP contribution in [0.1, 0.15) is 40.3 Å². The highest BCUT2D eigenvalue weighted by Gasteiger charge is 2.30. The predicted molar refractivity (Wildman–Crippen MR) is 144 cm³/mol. The number of halogens is 1. The summed E-state index contributed by atoms with van der Waals surface area (Å²) in [5.74, 6) is 1.53. The van der Waals surface area contributed by atoms with Crippen LogP contribution in [0.3, 0.4) is 0 Å². The second-order valence-corrected chi connectivity index (χ2v) is 11.3. The van der Waals surface area contributed by atoms with Crippen molar-refractivity contribution < 1.29 is 18.0 Å². The van der Waals surface area contributed by atoms with Crippen molar-refractivity contribution in [3.05, 3.63) is 95.9 Å². The van der Waals surface area contributed by atoms with Gasteiger partial charge in [0.15, 0.2) is 5.89 Å². The molecule has 0 saturated heterocycles. The zero-order valence-electron chi connectivity index (χ0n) is 20.5. The van der Waals surface area contributed by atoms with E-state index in [4.69, 9.17) is 13.3 Å². The van der Waals surface area contributed by atoms with Crippen molar-refractivity contribution in [3.8, 4) is 22.9 Å². The highest BCUT2D eigenvalue weighted by molar-refractivity contribution is 14.1. The molecule has 0 bridgehead atoms. The molecule has 37 heavy (non-hydrogen) atoms. The standard InChI is InChI=1S/C27H24IN5O4/c1-17-30-22(16-36-17)15-33(3)25(34)21-12-19(23-29-9-10-35-23)11-20(13-21)24-31-32-26(37-24)27(2,28)14-18-7-5-4-6-8-18/h4-13,16H,14-15H2,1-3H3/t27-/m1/s1. The summed E-state index contributed by atoms with van der Waals surface area (Å²) in [6, 6.07) is 15.4. The van der Waals surface area contributed by atoms with Crippen LogP contribution in [0.4, 0.5) is 0 Å². The molecule has 0 aliphatic carbocycles. The zero-order valence-corrected chi connectivity index (χ0v) is 22.7. The van der Waals surface area contributed by atoms with Gasteiger partial charge in [-0.3, -0.25) is 4.79 Å². The zero-order chi connectivity index (χ0) is 26.0. The first-order valence-corrected chi connectivity index (χ1v) is 12.6. The van der Waals surface area contributed by atoms with E-state index >= 15 is 0 Å². The van der Waals surface area contributed by atoms with Gasteiger partial charge < -0.3 is 18.2 Å². The normalized spacial score (nSPS) is 12.9. The second-order valence-electron chi connectivity index (χ2n) is 8.93. The lowest BCUT2D eigenvalue weighted by Gasteiger charge is -2.18. The third-order valence-electron chi connectivity index (χ3n) is 5.77. The molecule has 5 rings (SSSR count). The van der Waals surface area contributed by atoms with Gasteiger partial charge in [0, 0.05) is 30.7 Å². The SMILES string of the molecule is Cc1nc(CN(C)C(=O)c2cc(-c3ncco3)cc(-c3nnc([C@](C)(I)Cc4ccccc4)o3)c2)co1. The van der Waals surface area contributed by atoms with Crippen molar-refractivity contribution >= 4 is 28.5 Å². The molecule has 0 fully saturated rings. The summed E-state index contributed by atoms with van der Waals surface area (Å²) in [4.78, 5) is 23.5. The number of alkyl halides is 1. The first kappa shape index (κ1) is 24.9. The van der Waals surface area contributed by atoms with Gasteiger partial charge in [0.1, 0.15) is 15.9 Å². The fourth-order valence-electron chi connectivity index (χ4n) is 3.99. The first-order valence-electron chi connectivity index (χ1n) is 11.6. The summed E-state index contributed by atoms with van der Waals surface area (Å²) < 4.78 is 16.5. The quantitative estimate of drug-likeness (QED) is 0.159. The van der Waals surface area contributed by atoms with Crippen molar-refractivity contribution in [1.29, 1.82) is 0 Å². The molecule has 2 aromatic carbocycles. The molecule has 188 valence electrons. The lowest BCUT2D eigenvalue weighted by molar-refractivity contribution is 0.0783. The van der Waals surface area contributed by atoms with Crippen LogP contribution in [0.2, 0.25) is 0 Å². The average molecular weight is 609 g/mol. The highest BCUT2D eigenvalue weighted by atomic mass is 127. The summed E-state index contributed by atoms with van der Waals surface area (Å²) in [5, 5.41) is 8.66. The maximum absolute atomic E-state index is 13.4. The second kappa shape index (κ2) is 10.3. The summed E-state index contributed by atoms with van der Waals surface area (Å²) >= 11 is 2.34. The number of hydrogen-bond donors (Lipinski definition) is 0. The van der Waals surface area contributed by atoms with E-state index in [1.807, 2.05) is 24.3 Å². The predicted octanol–water partition coefficient (Wildman–Crippen LogP) is 5.85. The van der Waals surface area contributed by atoms with Gasteiger partial charge in [0.25, 0.3) is 5.91 Å². The molecule has 5 aromatic rings. The Bertz CT molecular complexity index is 1510. The van der Waals surface area contributed by atoms with Gasteiger partial charge in [0.05, 0.1) is 18.4 Å². The molecule has 0 N–H and O–H groups in total. The largest absolute Gasteiger partial charge is 0.449 e. The number of benzene rings is 2. The lowest BCUT2D eigenvalue weighted by Crippen LogP contribution is -2.26. The Balaban J connectivity index is 1.47. The van der Waals surface area contributed by atoms with Crippen molar-refractivity contribution in [1.82, 2.24) is 25.1 Å². The molecule has 0 saturated carbocycles. The van der Waals surface area contributed by atoms with Crippen LogP contribution in [0.15, 0.2) is 80.5 Å². The molecule has 0 radical (unpaired) electrons.